The van der Waals surface area contributed by atoms with Gasteiger partial charge in [-0.25, -0.2) is 0 Å². The number of rotatable bonds is 5. The van der Waals surface area contributed by atoms with Gasteiger partial charge in [-0.1, -0.05) is 12.1 Å². The van der Waals surface area contributed by atoms with Gasteiger partial charge in [-0.15, -0.1) is 0 Å². The number of amides is 1. The molecule has 1 aromatic rings. The van der Waals surface area contributed by atoms with Gasteiger partial charge in [0.05, 0.1) is 11.1 Å². The Hall–Kier alpha value is -1.56. The first kappa shape index (κ1) is 16.8. The van der Waals surface area contributed by atoms with Gasteiger partial charge in [0, 0.05) is 30.0 Å². The van der Waals surface area contributed by atoms with Crippen LogP contribution in [0.1, 0.15) is 26.7 Å². The number of benzene rings is 1. The van der Waals surface area contributed by atoms with Crippen LogP contribution in [-0.4, -0.2) is 36.1 Å². The minimum atomic E-state index is -1.04. The molecule has 0 saturated carbocycles. The van der Waals surface area contributed by atoms with Crippen LogP contribution in [0.5, 0.6) is 0 Å². The number of aliphatic carboxylic acids is 1. The number of halogens is 1. The minimum Gasteiger partial charge on any atom is -0.481 e. The Morgan fingerprint density at radius 3 is 2.73 bits per heavy atom. The summed E-state index contributed by atoms with van der Waals surface area (Å²) < 4.78 is 1.04. The van der Waals surface area contributed by atoms with E-state index >= 15 is 0 Å². The average molecular weight is 369 g/mol. The lowest BCUT2D eigenvalue weighted by molar-refractivity contribution is -0.149. The third kappa shape index (κ3) is 4.00. The van der Waals surface area contributed by atoms with Crippen LogP contribution < -0.4 is 10.2 Å². The van der Waals surface area contributed by atoms with Crippen molar-refractivity contribution in [3.63, 3.8) is 0 Å². The molecule has 1 saturated heterocycles. The highest BCUT2D eigenvalue weighted by atomic mass is 79.9. The lowest BCUT2D eigenvalue weighted by atomic mass is 9.89. The molecule has 1 amide bonds. The van der Waals surface area contributed by atoms with E-state index in [1.807, 2.05) is 24.3 Å². The standard InChI is InChI=1S/C16H21BrN2O3/c1-16(2,15(21)22)9-14(20)18-11-7-8-19(10-11)13-6-4-3-5-12(13)17/h3-6,11H,7-10H2,1-2H3,(H,18,20)(H,21,22)/t11-/m0/s1. The molecule has 120 valence electrons. The van der Waals surface area contributed by atoms with Crippen LogP contribution in [0.25, 0.3) is 0 Å². The number of carboxylic acid groups (broad SMARTS) is 1. The maximum atomic E-state index is 12.0. The first-order valence-corrected chi connectivity index (χ1v) is 8.11. The summed E-state index contributed by atoms with van der Waals surface area (Å²) in [5, 5.41) is 12.0. The molecule has 0 bridgehead atoms. The summed E-state index contributed by atoms with van der Waals surface area (Å²) >= 11 is 3.54. The highest BCUT2D eigenvalue weighted by molar-refractivity contribution is 9.10. The van der Waals surface area contributed by atoms with Gasteiger partial charge in [-0.2, -0.15) is 0 Å². The predicted octanol–water partition coefficient (Wildman–Crippen LogP) is 2.64. The van der Waals surface area contributed by atoms with Crippen LogP contribution in [0.3, 0.4) is 0 Å². The third-order valence-corrected chi connectivity index (χ3v) is 4.60. The van der Waals surface area contributed by atoms with Crippen molar-refractivity contribution in [2.45, 2.75) is 32.7 Å². The molecule has 1 atom stereocenters. The Kier molecular flexibility index (Phi) is 5.11. The van der Waals surface area contributed by atoms with Crippen LogP contribution in [0, 0.1) is 5.41 Å². The highest BCUT2D eigenvalue weighted by Crippen LogP contribution is 2.28. The second-order valence-electron chi connectivity index (χ2n) is 6.32. The van der Waals surface area contributed by atoms with E-state index in [-0.39, 0.29) is 18.4 Å². The largest absolute Gasteiger partial charge is 0.481 e. The zero-order chi connectivity index (χ0) is 16.3. The number of anilines is 1. The Morgan fingerprint density at radius 2 is 2.09 bits per heavy atom. The molecular formula is C16H21BrN2O3. The van der Waals surface area contributed by atoms with Gasteiger partial charge in [0.1, 0.15) is 0 Å². The molecule has 0 unspecified atom stereocenters. The van der Waals surface area contributed by atoms with Gasteiger partial charge in [-0.3, -0.25) is 9.59 Å². The molecule has 1 aliphatic rings. The fourth-order valence-electron chi connectivity index (χ4n) is 2.56. The molecule has 1 aliphatic heterocycles. The summed E-state index contributed by atoms with van der Waals surface area (Å²) in [6.45, 7) is 4.74. The van der Waals surface area contributed by atoms with Crippen molar-refractivity contribution in [3.05, 3.63) is 28.7 Å². The zero-order valence-corrected chi connectivity index (χ0v) is 14.4. The SMILES string of the molecule is CC(C)(CC(=O)N[C@H]1CCN(c2ccccc2Br)C1)C(=O)O. The van der Waals surface area contributed by atoms with E-state index in [1.165, 1.54) is 0 Å². The zero-order valence-electron chi connectivity index (χ0n) is 12.8. The molecule has 2 N–H and O–H groups in total. The van der Waals surface area contributed by atoms with Crippen LogP contribution >= 0.6 is 15.9 Å². The van der Waals surface area contributed by atoms with E-state index in [0.717, 1.165) is 29.7 Å². The monoisotopic (exact) mass is 368 g/mol. The highest BCUT2D eigenvalue weighted by Gasteiger charge is 2.32. The summed E-state index contributed by atoms with van der Waals surface area (Å²) in [7, 11) is 0. The molecule has 5 nitrogen and oxygen atoms in total. The van der Waals surface area contributed by atoms with Crippen molar-refractivity contribution in [1.82, 2.24) is 5.32 Å². The van der Waals surface area contributed by atoms with Crippen molar-refractivity contribution >= 4 is 33.5 Å². The summed E-state index contributed by atoms with van der Waals surface area (Å²) in [4.78, 5) is 25.3. The molecular weight excluding hydrogens is 348 g/mol. The number of nitrogens with one attached hydrogen (secondary N) is 1. The van der Waals surface area contributed by atoms with Crippen molar-refractivity contribution < 1.29 is 14.7 Å². The lowest BCUT2D eigenvalue weighted by Crippen LogP contribution is -2.40. The van der Waals surface area contributed by atoms with Crippen molar-refractivity contribution in [2.75, 3.05) is 18.0 Å². The van der Waals surface area contributed by atoms with E-state index < -0.39 is 11.4 Å². The topological polar surface area (TPSA) is 69.6 Å². The fourth-order valence-corrected chi connectivity index (χ4v) is 3.10. The molecule has 0 spiro atoms. The summed E-state index contributed by atoms with van der Waals surface area (Å²) in [6.07, 6.45) is 0.856. The van der Waals surface area contributed by atoms with Gasteiger partial charge < -0.3 is 15.3 Å². The second-order valence-corrected chi connectivity index (χ2v) is 7.17. The number of carbonyl (C=O) groups is 2. The summed E-state index contributed by atoms with van der Waals surface area (Å²) in [5.74, 6) is -1.16. The van der Waals surface area contributed by atoms with Gasteiger partial charge >= 0.3 is 5.97 Å². The fraction of sp³-hybridized carbons (Fsp3) is 0.500. The van der Waals surface area contributed by atoms with Crippen LogP contribution in [-0.2, 0) is 9.59 Å². The Bertz CT molecular complexity index is 574. The van der Waals surface area contributed by atoms with E-state index in [9.17, 15) is 9.59 Å². The normalized spacial score (nSPS) is 18.3. The van der Waals surface area contributed by atoms with E-state index in [1.54, 1.807) is 13.8 Å². The lowest BCUT2D eigenvalue weighted by Gasteiger charge is -2.22. The quantitative estimate of drug-likeness (QED) is 0.837. The molecule has 1 heterocycles. The third-order valence-electron chi connectivity index (χ3n) is 3.93. The van der Waals surface area contributed by atoms with E-state index in [2.05, 4.69) is 26.1 Å². The van der Waals surface area contributed by atoms with Gasteiger partial charge in [-0.05, 0) is 48.3 Å². The Balaban J connectivity index is 1.90. The number of hydrogen-bond donors (Lipinski definition) is 2. The number of hydrogen-bond acceptors (Lipinski definition) is 3. The maximum absolute atomic E-state index is 12.0. The van der Waals surface area contributed by atoms with E-state index in [0.29, 0.717) is 0 Å². The van der Waals surface area contributed by atoms with Crippen LogP contribution in [0.4, 0.5) is 5.69 Å². The first-order valence-electron chi connectivity index (χ1n) is 7.32. The van der Waals surface area contributed by atoms with Gasteiger partial charge in [0.2, 0.25) is 5.91 Å². The molecule has 1 aromatic carbocycles. The van der Waals surface area contributed by atoms with Crippen LogP contribution in [0.2, 0.25) is 0 Å². The second kappa shape index (κ2) is 6.69. The van der Waals surface area contributed by atoms with Gasteiger partial charge in [0.25, 0.3) is 0 Å². The number of carbonyl (C=O) groups excluding carboxylic acids is 1. The first-order chi connectivity index (χ1) is 10.3. The number of para-hydroxylation sites is 1. The molecule has 1 fully saturated rings. The predicted molar refractivity (Wildman–Crippen MR) is 88.9 cm³/mol. The molecule has 22 heavy (non-hydrogen) atoms. The number of nitrogens with zero attached hydrogens (tertiary/aromatic N) is 1. The molecule has 0 aromatic heterocycles. The number of carboxylic acids is 1. The summed E-state index contributed by atoms with van der Waals surface area (Å²) in [5.41, 5.74) is 0.0790. The molecule has 0 radical (unpaired) electrons. The minimum absolute atomic E-state index is 0.00609. The Labute approximate surface area is 138 Å². The van der Waals surface area contributed by atoms with Crippen LogP contribution in [0.15, 0.2) is 28.7 Å². The maximum Gasteiger partial charge on any atom is 0.309 e. The van der Waals surface area contributed by atoms with Gasteiger partial charge in [0.15, 0.2) is 0 Å². The smallest absolute Gasteiger partial charge is 0.309 e. The molecule has 6 heteroatoms. The van der Waals surface area contributed by atoms with Crippen molar-refractivity contribution in [3.8, 4) is 0 Å². The molecule has 0 aliphatic carbocycles. The molecule has 2 rings (SSSR count). The van der Waals surface area contributed by atoms with E-state index in [4.69, 9.17) is 5.11 Å². The van der Waals surface area contributed by atoms with Crippen molar-refractivity contribution in [1.29, 1.82) is 0 Å². The van der Waals surface area contributed by atoms with Crippen molar-refractivity contribution in [2.24, 2.45) is 5.41 Å². The Morgan fingerprint density at radius 1 is 1.41 bits per heavy atom. The average Bonchev–Trinajstić information content (AvgIpc) is 2.86. The summed E-state index contributed by atoms with van der Waals surface area (Å²) in [6, 6.07) is 8.06.